The Morgan fingerprint density at radius 1 is 1.24 bits per heavy atom. The van der Waals surface area contributed by atoms with Crippen molar-refractivity contribution < 1.29 is 17.6 Å². The third-order valence-electron chi connectivity index (χ3n) is 3.83. The number of hydrogen-bond donors (Lipinski definition) is 1. The van der Waals surface area contributed by atoms with E-state index >= 15 is 0 Å². The van der Waals surface area contributed by atoms with Crippen LogP contribution in [0, 0.1) is 19.7 Å². The average molecular weight is 385 g/mol. The van der Waals surface area contributed by atoms with E-state index in [0.717, 1.165) is 27.6 Å². The van der Waals surface area contributed by atoms with E-state index in [1.807, 2.05) is 19.9 Å². The summed E-state index contributed by atoms with van der Waals surface area (Å²) in [6, 6.07) is 8.70. The van der Waals surface area contributed by atoms with Gasteiger partial charge >= 0.3 is 0 Å². The fraction of sp³-hybridized carbons (Fsp3) is 0.235. The molecule has 2 aromatic carbocycles. The molecular weight excluding hydrogens is 367 g/mol. The SMILES string of the molecule is Cc1cccc(NC(=O)CN(C)S(=O)(=O)c2ccc(Cl)cc2F)c1C. The van der Waals surface area contributed by atoms with Gasteiger partial charge in [0.25, 0.3) is 0 Å². The molecule has 0 saturated carbocycles. The van der Waals surface area contributed by atoms with Crippen LogP contribution >= 0.6 is 11.6 Å². The van der Waals surface area contributed by atoms with E-state index in [9.17, 15) is 17.6 Å². The van der Waals surface area contributed by atoms with Crippen molar-refractivity contribution in [3.05, 3.63) is 58.4 Å². The second kappa shape index (κ2) is 7.51. The van der Waals surface area contributed by atoms with Crippen molar-refractivity contribution in [1.82, 2.24) is 4.31 Å². The van der Waals surface area contributed by atoms with Crippen LogP contribution in [-0.4, -0.2) is 32.2 Å². The summed E-state index contributed by atoms with van der Waals surface area (Å²) < 4.78 is 39.6. The van der Waals surface area contributed by atoms with Gasteiger partial charge in [0.15, 0.2) is 0 Å². The van der Waals surface area contributed by atoms with Gasteiger partial charge in [-0.3, -0.25) is 4.79 Å². The van der Waals surface area contributed by atoms with Gasteiger partial charge in [-0.2, -0.15) is 4.31 Å². The Balaban J connectivity index is 2.16. The molecule has 0 aliphatic rings. The third-order valence-corrected chi connectivity index (χ3v) is 5.90. The molecule has 0 aliphatic heterocycles. The molecule has 0 fully saturated rings. The molecule has 1 amide bonds. The minimum absolute atomic E-state index is 0.0896. The Bertz CT molecular complexity index is 916. The summed E-state index contributed by atoms with van der Waals surface area (Å²) in [4.78, 5) is 11.6. The molecule has 0 aliphatic carbocycles. The lowest BCUT2D eigenvalue weighted by Crippen LogP contribution is -2.35. The highest BCUT2D eigenvalue weighted by molar-refractivity contribution is 7.89. The van der Waals surface area contributed by atoms with Gasteiger partial charge in [-0.15, -0.1) is 0 Å². The van der Waals surface area contributed by atoms with Crippen molar-refractivity contribution in [2.24, 2.45) is 0 Å². The molecule has 2 aromatic rings. The second-order valence-electron chi connectivity index (χ2n) is 5.63. The van der Waals surface area contributed by atoms with E-state index in [4.69, 9.17) is 11.6 Å². The van der Waals surface area contributed by atoms with Crippen molar-refractivity contribution in [3.8, 4) is 0 Å². The molecule has 0 spiro atoms. The summed E-state index contributed by atoms with van der Waals surface area (Å²) in [5.41, 5.74) is 2.50. The fourth-order valence-corrected chi connectivity index (χ4v) is 3.54. The minimum Gasteiger partial charge on any atom is -0.325 e. The van der Waals surface area contributed by atoms with Crippen molar-refractivity contribution in [3.63, 3.8) is 0 Å². The number of hydrogen-bond acceptors (Lipinski definition) is 3. The number of carbonyl (C=O) groups is 1. The van der Waals surface area contributed by atoms with Gasteiger partial charge in [-0.25, -0.2) is 12.8 Å². The lowest BCUT2D eigenvalue weighted by molar-refractivity contribution is -0.116. The summed E-state index contributed by atoms with van der Waals surface area (Å²) in [6.45, 7) is 3.32. The molecule has 0 unspecified atom stereocenters. The van der Waals surface area contributed by atoms with Gasteiger partial charge in [0.2, 0.25) is 15.9 Å². The standard InChI is InChI=1S/C17H18ClFN2O3S/c1-11-5-4-6-15(12(11)2)20-17(22)10-21(3)25(23,24)16-8-7-13(18)9-14(16)19/h4-9H,10H2,1-3H3,(H,20,22). The Kier molecular flexibility index (Phi) is 5.82. The molecule has 0 aromatic heterocycles. The van der Waals surface area contributed by atoms with Crippen molar-refractivity contribution in [1.29, 1.82) is 0 Å². The number of likely N-dealkylation sites (N-methyl/N-ethyl adjacent to an activating group) is 1. The molecule has 1 N–H and O–H groups in total. The second-order valence-corrected chi connectivity index (χ2v) is 8.08. The van der Waals surface area contributed by atoms with Crippen LogP contribution < -0.4 is 5.32 Å². The number of benzene rings is 2. The summed E-state index contributed by atoms with van der Waals surface area (Å²) in [7, 11) is -2.94. The van der Waals surface area contributed by atoms with Crippen LogP contribution in [0.3, 0.4) is 0 Å². The number of aryl methyl sites for hydroxylation is 1. The lowest BCUT2D eigenvalue weighted by Gasteiger charge is -2.18. The molecule has 0 bridgehead atoms. The maximum Gasteiger partial charge on any atom is 0.246 e. The highest BCUT2D eigenvalue weighted by atomic mass is 35.5. The van der Waals surface area contributed by atoms with E-state index in [-0.39, 0.29) is 5.02 Å². The first kappa shape index (κ1) is 19.4. The maximum absolute atomic E-state index is 13.9. The van der Waals surface area contributed by atoms with Gasteiger partial charge in [0.05, 0.1) is 6.54 Å². The Labute approximate surface area is 151 Å². The van der Waals surface area contributed by atoms with Gasteiger partial charge in [0.1, 0.15) is 10.7 Å². The molecule has 0 radical (unpaired) electrons. The molecule has 0 atom stereocenters. The molecular formula is C17H18ClFN2O3S. The van der Waals surface area contributed by atoms with Gasteiger partial charge in [0, 0.05) is 17.8 Å². The zero-order valence-corrected chi connectivity index (χ0v) is 15.6. The van der Waals surface area contributed by atoms with Crippen LogP contribution in [-0.2, 0) is 14.8 Å². The number of anilines is 1. The number of nitrogens with zero attached hydrogens (tertiary/aromatic N) is 1. The van der Waals surface area contributed by atoms with E-state index in [2.05, 4.69) is 5.32 Å². The zero-order valence-electron chi connectivity index (χ0n) is 14.0. The fourth-order valence-electron chi connectivity index (χ4n) is 2.22. The van der Waals surface area contributed by atoms with Crippen molar-refractivity contribution >= 4 is 33.2 Å². The average Bonchev–Trinajstić information content (AvgIpc) is 2.51. The first-order chi connectivity index (χ1) is 11.6. The summed E-state index contributed by atoms with van der Waals surface area (Å²) in [5.74, 6) is -1.48. The van der Waals surface area contributed by atoms with E-state index in [0.29, 0.717) is 5.69 Å². The van der Waals surface area contributed by atoms with Gasteiger partial charge in [-0.05, 0) is 49.2 Å². The Morgan fingerprint density at radius 2 is 1.92 bits per heavy atom. The number of nitrogens with one attached hydrogen (secondary N) is 1. The van der Waals surface area contributed by atoms with Crippen LogP contribution in [0.25, 0.3) is 0 Å². The summed E-state index contributed by atoms with van der Waals surface area (Å²) in [5, 5.41) is 2.76. The number of sulfonamides is 1. The Hall–Kier alpha value is -1.96. The highest BCUT2D eigenvalue weighted by Crippen LogP contribution is 2.22. The predicted molar refractivity (Wildman–Crippen MR) is 95.8 cm³/mol. The van der Waals surface area contributed by atoms with Crippen molar-refractivity contribution in [2.75, 3.05) is 18.9 Å². The maximum atomic E-state index is 13.9. The van der Waals surface area contributed by atoms with E-state index < -0.39 is 33.2 Å². The van der Waals surface area contributed by atoms with Gasteiger partial charge in [-0.1, -0.05) is 23.7 Å². The Morgan fingerprint density at radius 3 is 2.56 bits per heavy atom. The number of amides is 1. The van der Waals surface area contributed by atoms with Crippen molar-refractivity contribution in [2.45, 2.75) is 18.7 Å². The molecule has 5 nitrogen and oxygen atoms in total. The van der Waals surface area contributed by atoms with Crippen LogP contribution in [0.2, 0.25) is 5.02 Å². The number of rotatable bonds is 5. The molecule has 134 valence electrons. The van der Waals surface area contributed by atoms with Crippen LogP contribution in [0.1, 0.15) is 11.1 Å². The monoisotopic (exact) mass is 384 g/mol. The normalized spacial score (nSPS) is 11.6. The van der Waals surface area contributed by atoms with Gasteiger partial charge < -0.3 is 5.32 Å². The molecule has 0 heterocycles. The van der Waals surface area contributed by atoms with Crippen LogP contribution in [0.4, 0.5) is 10.1 Å². The smallest absolute Gasteiger partial charge is 0.246 e. The molecule has 2 rings (SSSR count). The number of halogens is 2. The summed E-state index contributed by atoms with van der Waals surface area (Å²) >= 11 is 5.64. The molecule has 0 saturated heterocycles. The van der Waals surface area contributed by atoms with E-state index in [1.54, 1.807) is 12.1 Å². The minimum atomic E-state index is -4.15. The number of carbonyl (C=O) groups excluding carboxylic acids is 1. The largest absolute Gasteiger partial charge is 0.325 e. The highest BCUT2D eigenvalue weighted by Gasteiger charge is 2.26. The predicted octanol–water partition coefficient (Wildman–Crippen LogP) is 3.36. The molecule has 25 heavy (non-hydrogen) atoms. The third kappa shape index (κ3) is 4.36. The first-order valence-electron chi connectivity index (χ1n) is 7.40. The zero-order chi connectivity index (χ0) is 18.8. The first-order valence-corrected chi connectivity index (χ1v) is 9.22. The quantitative estimate of drug-likeness (QED) is 0.859. The van der Waals surface area contributed by atoms with Crippen LogP contribution in [0.5, 0.6) is 0 Å². The molecule has 8 heteroatoms. The van der Waals surface area contributed by atoms with Crippen LogP contribution in [0.15, 0.2) is 41.3 Å². The van der Waals surface area contributed by atoms with E-state index in [1.165, 1.54) is 13.1 Å². The summed E-state index contributed by atoms with van der Waals surface area (Å²) in [6.07, 6.45) is 0. The lowest BCUT2D eigenvalue weighted by atomic mass is 10.1. The topological polar surface area (TPSA) is 66.5 Å².